The van der Waals surface area contributed by atoms with Gasteiger partial charge in [0.1, 0.15) is 0 Å². The van der Waals surface area contributed by atoms with Crippen LogP contribution in [0.2, 0.25) is 0 Å². The van der Waals surface area contributed by atoms with Crippen molar-refractivity contribution in [3.8, 4) is 0 Å². The number of piperidine rings is 1. The van der Waals surface area contributed by atoms with Crippen molar-refractivity contribution >= 4 is 21.6 Å². The molecule has 1 heterocycles. The highest BCUT2D eigenvalue weighted by atomic mass is 79.9. The Balaban J connectivity index is 1.78. The zero-order valence-electron chi connectivity index (χ0n) is 12.6. The molecule has 3 unspecified atom stereocenters. The molecule has 0 bridgehead atoms. The lowest BCUT2D eigenvalue weighted by Crippen LogP contribution is -2.53. The highest BCUT2D eigenvalue weighted by molar-refractivity contribution is 9.10. The third-order valence-corrected chi connectivity index (χ3v) is 5.91. The van der Waals surface area contributed by atoms with Crippen LogP contribution in [0.3, 0.4) is 0 Å². The fraction of sp³-hybridized carbons (Fsp3) is 0.647. The van der Waals surface area contributed by atoms with Crippen molar-refractivity contribution in [2.75, 3.05) is 18.0 Å². The van der Waals surface area contributed by atoms with E-state index in [1.165, 1.54) is 18.5 Å². The SMILES string of the molecule is CC(O)c1ccc(N2CCC3(O)CCCCC3C2)cc1Br. The summed E-state index contributed by atoms with van der Waals surface area (Å²) in [6.07, 6.45) is 4.93. The third kappa shape index (κ3) is 2.99. The minimum atomic E-state index is -0.460. The standard InChI is InChI=1S/C17H24BrNO2/c1-12(20)15-6-5-14(10-16(15)18)19-9-8-17(21)7-3-2-4-13(17)11-19/h5-6,10,12-13,20-21H,2-4,7-9,11H2,1H3. The van der Waals surface area contributed by atoms with Crippen LogP contribution in [0.5, 0.6) is 0 Å². The minimum Gasteiger partial charge on any atom is -0.389 e. The Bertz CT molecular complexity index is 520. The zero-order chi connectivity index (χ0) is 15.0. The van der Waals surface area contributed by atoms with E-state index >= 15 is 0 Å². The molecule has 1 aromatic carbocycles. The highest BCUT2D eigenvalue weighted by Crippen LogP contribution is 2.41. The molecular weight excluding hydrogens is 330 g/mol. The average molecular weight is 354 g/mol. The van der Waals surface area contributed by atoms with Crippen LogP contribution >= 0.6 is 15.9 Å². The van der Waals surface area contributed by atoms with Crippen molar-refractivity contribution in [2.24, 2.45) is 5.92 Å². The van der Waals surface area contributed by atoms with Gasteiger partial charge in [0.05, 0.1) is 11.7 Å². The van der Waals surface area contributed by atoms with Gasteiger partial charge in [0.25, 0.3) is 0 Å². The fourth-order valence-corrected chi connectivity index (χ4v) is 4.55. The highest BCUT2D eigenvalue weighted by Gasteiger charge is 2.42. The second kappa shape index (κ2) is 5.90. The maximum Gasteiger partial charge on any atom is 0.0772 e. The van der Waals surface area contributed by atoms with Gasteiger partial charge in [0.2, 0.25) is 0 Å². The predicted octanol–water partition coefficient (Wildman–Crippen LogP) is 3.63. The lowest BCUT2D eigenvalue weighted by atomic mass is 9.71. The molecule has 1 saturated heterocycles. The summed E-state index contributed by atoms with van der Waals surface area (Å²) in [7, 11) is 0. The van der Waals surface area contributed by atoms with Gasteiger partial charge in [-0.05, 0) is 43.9 Å². The number of rotatable bonds is 2. The topological polar surface area (TPSA) is 43.7 Å². The summed E-state index contributed by atoms with van der Waals surface area (Å²) >= 11 is 3.56. The van der Waals surface area contributed by atoms with Crippen molar-refractivity contribution in [3.63, 3.8) is 0 Å². The Labute approximate surface area is 135 Å². The van der Waals surface area contributed by atoms with Crippen molar-refractivity contribution in [1.82, 2.24) is 0 Å². The number of halogens is 1. The zero-order valence-corrected chi connectivity index (χ0v) is 14.1. The Hall–Kier alpha value is -0.580. The summed E-state index contributed by atoms with van der Waals surface area (Å²) in [5.41, 5.74) is 1.68. The van der Waals surface area contributed by atoms with E-state index in [0.29, 0.717) is 5.92 Å². The number of aliphatic hydroxyl groups excluding tert-OH is 1. The molecule has 2 fully saturated rings. The van der Waals surface area contributed by atoms with Crippen molar-refractivity contribution < 1.29 is 10.2 Å². The third-order valence-electron chi connectivity index (χ3n) is 5.23. The van der Waals surface area contributed by atoms with Gasteiger partial charge >= 0.3 is 0 Å². The van der Waals surface area contributed by atoms with E-state index in [4.69, 9.17) is 0 Å². The van der Waals surface area contributed by atoms with Crippen LogP contribution in [0.15, 0.2) is 22.7 Å². The van der Waals surface area contributed by atoms with Crippen LogP contribution in [0.4, 0.5) is 5.69 Å². The number of benzene rings is 1. The number of hydrogen-bond donors (Lipinski definition) is 2. The molecule has 21 heavy (non-hydrogen) atoms. The molecule has 3 rings (SSSR count). The van der Waals surface area contributed by atoms with Gasteiger partial charge in [-0.15, -0.1) is 0 Å². The first-order valence-electron chi connectivity index (χ1n) is 7.94. The Kier molecular flexibility index (Phi) is 4.30. The lowest BCUT2D eigenvalue weighted by molar-refractivity contribution is -0.0612. The smallest absolute Gasteiger partial charge is 0.0772 e. The van der Waals surface area contributed by atoms with Crippen molar-refractivity contribution in [2.45, 2.75) is 50.7 Å². The summed E-state index contributed by atoms with van der Waals surface area (Å²) in [4.78, 5) is 2.38. The molecular formula is C17H24BrNO2. The van der Waals surface area contributed by atoms with E-state index in [-0.39, 0.29) is 0 Å². The molecule has 1 aliphatic carbocycles. The van der Waals surface area contributed by atoms with E-state index in [1.54, 1.807) is 6.92 Å². The van der Waals surface area contributed by atoms with E-state index in [0.717, 1.165) is 42.4 Å². The molecule has 116 valence electrons. The quantitative estimate of drug-likeness (QED) is 0.852. The number of fused-ring (bicyclic) bond motifs is 1. The van der Waals surface area contributed by atoms with Crippen LogP contribution in [-0.4, -0.2) is 28.9 Å². The Morgan fingerprint density at radius 3 is 2.86 bits per heavy atom. The van der Waals surface area contributed by atoms with Gasteiger partial charge < -0.3 is 15.1 Å². The van der Waals surface area contributed by atoms with Crippen molar-refractivity contribution in [1.29, 1.82) is 0 Å². The normalized spacial score (nSPS) is 30.9. The van der Waals surface area contributed by atoms with Crippen LogP contribution in [0.1, 0.15) is 50.7 Å². The molecule has 4 heteroatoms. The monoisotopic (exact) mass is 353 g/mol. The summed E-state index contributed by atoms with van der Waals surface area (Å²) in [6.45, 7) is 3.63. The van der Waals surface area contributed by atoms with Gasteiger partial charge in [-0.25, -0.2) is 0 Å². The Morgan fingerprint density at radius 1 is 1.33 bits per heavy atom. The average Bonchev–Trinajstić information content (AvgIpc) is 2.45. The molecule has 0 aromatic heterocycles. The van der Waals surface area contributed by atoms with Gasteiger partial charge in [-0.2, -0.15) is 0 Å². The molecule has 1 saturated carbocycles. The summed E-state index contributed by atoms with van der Waals surface area (Å²) in [5.74, 6) is 0.398. The molecule has 3 atom stereocenters. The molecule has 0 radical (unpaired) electrons. The van der Waals surface area contributed by atoms with E-state index in [2.05, 4.69) is 33.0 Å². The summed E-state index contributed by atoms with van der Waals surface area (Å²) in [6, 6.07) is 6.17. The maximum absolute atomic E-state index is 10.8. The second-order valence-corrected chi connectivity index (χ2v) is 7.48. The lowest BCUT2D eigenvalue weighted by Gasteiger charge is -2.48. The summed E-state index contributed by atoms with van der Waals surface area (Å²) < 4.78 is 0.958. The van der Waals surface area contributed by atoms with E-state index in [9.17, 15) is 10.2 Å². The second-order valence-electron chi connectivity index (χ2n) is 6.62. The number of aliphatic hydroxyl groups is 2. The minimum absolute atomic E-state index is 0.398. The number of hydrogen-bond acceptors (Lipinski definition) is 3. The largest absolute Gasteiger partial charge is 0.389 e. The molecule has 2 N–H and O–H groups in total. The van der Waals surface area contributed by atoms with E-state index < -0.39 is 11.7 Å². The van der Waals surface area contributed by atoms with Crippen molar-refractivity contribution in [3.05, 3.63) is 28.2 Å². The summed E-state index contributed by atoms with van der Waals surface area (Å²) in [5, 5.41) is 20.5. The van der Waals surface area contributed by atoms with Gasteiger partial charge in [0.15, 0.2) is 0 Å². The van der Waals surface area contributed by atoms with E-state index in [1.807, 2.05) is 6.07 Å². The molecule has 1 aliphatic heterocycles. The first-order valence-corrected chi connectivity index (χ1v) is 8.74. The van der Waals surface area contributed by atoms with Crippen LogP contribution in [0.25, 0.3) is 0 Å². The Morgan fingerprint density at radius 2 is 2.14 bits per heavy atom. The first-order chi connectivity index (χ1) is 9.99. The van der Waals surface area contributed by atoms with Gasteiger partial charge in [0, 0.05) is 29.2 Å². The number of nitrogens with zero attached hydrogens (tertiary/aromatic N) is 1. The molecule has 3 nitrogen and oxygen atoms in total. The van der Waals surface area contributed by atoms with Crippen LogP contribution in [0, 0.1) is 5.92 Å². The molecule has 0 spiro atoms. The molecule has 1 aromatic rings. The fourth-order valence-electron chi connectivity index (χ4n) is 3.86. The van der Waals surface area contributed by atoms with Gasteiger partial charge in [-0.3, -0.25) is 0 Å². The molecule has 0 amide bonds. The molecule has 2 aliphatic rings. The van der Waals surface area contributed by atoms with Crippen LogP contribution < -0.4 is 4.90 Å². The predicted molar refractivity (Wildman–Crippen MR) is 88.5 cm³/mol. The first kappa shape index (κ1) is 15.3. The van der Waals surface area contributed by atoms with Crippen LogP contribution in [-0.2, 0) is 0 Å². The van der Waals surface area contributed by atoms with Gasteiger partial charge in [-0.1, -0.05) is 34.8 Å². The maximum atomic E-state index is 10.8. The number of anilines is 1.